The molecule has 4 aliphatic carbocycles. The molecule has 0 radical (unpaired) electrons. The van der Waals surface area contributed by atoms with E-state index in [1.807, 2.05) is 0 Å². The van der Waals surface area contributed by atoms with Crippen LogP contribution < -0.4 is 0 Å². The third-order valence-electron chi connectivity index (χ3n) is 6.79. The molecule has 5 rings (SSSR count). The van der Waals surface area contributed by atoms with Gasteiger partial charge in [-0.1, -0.05) is 115 Å². The largest absolute Gasteiger partial charge is 0.0952 e. The van der Waals surface area contributed by atoms with Gasteiger partial charge in [0.2, 0.25) is 0 Å². The van der Waals surface area contributed by atoms with Crippen LogP contribution in [0.15, 0.2) is 143 Å². The lowest BCUT2D eigenvalue weighted by atomic mass is 9.80. The lowest BCUT2D eigenvalue weighted by molar-refractivity contribution is 0.911. The standard InChI is InChI=1S/C32H30/c1-22-8-11-25(12-9-22)17-26-14-15-28-18-27(20-31(28)19-26)13-10-23(2)30-16-24(3)32-7-5-4-6-29(32)21-30/h4-9,11-12,14-16,18-21,31-32H,2-3,10,13,17H2,1H3. The smallest absolute Gasteiger partial charge is 0.0267 e. The summed E-state index contributed by atoms with van der Waals surface area (Å²) in [7, 11) is 0. The van der Waals surface area contributed by atoms with E-state index in [-0.39, 0.29) is 0 Å². The van der Waals surface area contributed by atoms with E-state index in [0.717, 1.165) is 24.8 Å². The summed E-state index contributed by atoms with van der Waals surface area (Å²) in [5.74, 6) is 0.744. The zero-order chi connectivity index (χ0) is 22.1. The first-order valence-corrected chi connectivity index (χ1v) is 11.6. The lowest BCUT2D eigenvalue weighted by Gasteiger charge is -2.24. The Morgan fingerprint density at radius 2 is 1.69 bits per heavy atom. The highest BCUT2D eigenvalue weighted by Gasteiger charge is 2.21. The van der Waals surface area contributed by atoms with E-state index in [1.165, 1.54) is 44.6 Å². The monoisotopic (exact) mass is 414 g/mol. The van der Waals surface area contributed by atoms with E-state index >= 15 is 0 Å². The van der Waals surface area contributed by atoms with Gasteiger partial charge in [0, 0.05) is 11.8 Å². The topological polar surface area (TPSA) is 0 Å². The van der Waals surface area contributed by atoms with Crippen molar-refractivity contribution in [2.75, 3.05) is 0 Å². The van der Waals surface area contributed by atoms with Crippen LogP contribution in [-0.2, 0) is 6.42 Å². The Kier molecular flexibility index (Phi) is 5.53. The molecule has 4 aliphatic rings. The number of hydrogen-bond donors (Lipinski definition) is 0. The van der Waals surface area contributed by atoms with Gasteiger partial charge >= 0.3 is 0 Å². The van der Waals surface area contributed by atoms with Crippen molar-refractivity contribution in [1.82, 2.24) is 0 Å². The zero-order valence-electron chi connectivity index (χ0n) is 18.9. The Labute approximate surface area is 192 Å². The Bertz CT molecular complexity index is 1210. The fraction of sp³-hybridized carbons (Fsp3) is 0.188. The van der Waals surface area contributed by atoms with Gasteiger partial charge in [-0.2, -0.15) is 0 Å². The van der Waals surface area contributed by atoms with E-state index in [2.05, 4.69) is 111 Å². The predicted molar refractivity (Wildman–Crippen MR) is 137 cm³/mol. The van der Waals surface area contributed by atoms with Crippen molar-refractivity contribution < 1.29 is 0 Å². The first-order chi connectivity index (χ1) is 15.5. The van der Waals surface area contributed by atoms with Gasteiger partial charge in [-0.15, -0.1) is 0 Å². The summed E-state index contributed by atoms with van der Waals surface area (Å²) >= 11 is 0. The maximum Gasteiger partial charge on any atom is 0.0267 e. The molecule has 158 valence electrons. The third kappa shape index (κ3) is 4.32. The molecule has 1 aromatic rings. The molecular formula is C32H30. The zero-order valence-corrected chi connectivity index (χ0v) is 18.9. The molecule has 0 saturated heterocycles. The third-order valence-corrected chi connectivity index (χ3v) is 6.79. The van der Waals surface area contributed by atoms with Gasteiger partial charge in [-0.3, -0.25) is 0 Å². The van der Waals surface area contributed by atoms with Crippen LogP contribution in [0, 0.1) is 18.8 Å². The Morgan fingerprint density at radius 3 is 2.53 bits per heavy atom. The van der Waals surface area contributed by atoms with E-state index in [0.29, 0.717) is 11.8 Å². The summed E-state index contributed by atoms with van der Waals surface area (Å²) in [5, 5.41) is 0. The fourth-order valence-corrected chi connectivity index (χ4v) is 4.88. The second-order valence-electron chi connectivity index (χ2n) is 9.29. The molecule has 0 aromatic heterocycles. The fourth-order valence-electron chi connectivity index (χ4n) is 4.88. The molecule has 0 amide bonds. The molecule has 0 spiro atoms. The number of fused-ring (bicyclic) bond motifs is 2. The first-order valence-electron chi connectivity index (χ1n) is 11.6. The van der Waals surface area contributed by atoms with Gasteiger partial charge in [-0.25, -0.2) is 0 Å². The second-order valence-corrected chi connectivity index (χ2v) is 9.29. The number of rotatable bonds is 6. The van der Waals surface area contributed by atoms with Gasteiger partial charge in [0.05, 0.1) is 0 Å². The van der Waals surface area contributed by atoms with Crippen LogP contribution in [0.25, 0.3) is 0 Å². The molecule has 1 aromatic carbocycles. The molecule has 2 unspecified atom stereocenters. The van der Waals surface area contributed by atoms with Gasteiger partial charge in [0.25, 0.3) is 0 Å². The molecule has 0 nitrogen and oxygen atoms in total. The maximum atomic E-state index is 4.40. The average Bonchev–Trinajstić information content (AvgIpc) is 3.21. The highest BCUT2D eigenvalue weighted by atomic mass is 14.3. The van der Waals surface area contributed by atoms with Gasteiger partial charge in [-0.05, 0) is 65.2 Å². The molecule has 0 heterocycles. The molecular weight excluding hydrogens is 384 g/mol. The number of benzene rings is 1. The highest BCUT2D eigenvalue weighted by molar-refractivity contribution is 5.57. The van der Waals surface area contributed by atoms with E-state index in [9.17, 15) is 0 Å². The van der Waals surface area contributed by atoms with Crippen molar-refractivity contribution in [2.24, 2.45) is 11.8 Å². The quantitative estimate of drug-likeness (QED) is 0.442. The maximum absolute atomic E-state index is 4.40. The van der Waals surface area contributed by atoms with Crippen LogP contribution in [0.5, 0.6) is 0 Å². The summed E-state index contributed by atoms with van der Waals surface area (Å²) in [5.41, 5.74) is 11.8. The minimum Gasteiger partial charge on any atom is -0.0952 e. The summed E-state index contributed by atoms with van der Waals surface area (Å²) in [6, 6.07) is 8.87. The van der Waals surface area contributed by atoms with Crippen LogP contribution in [0.4, 0.5) is 0 Å². The first kappa shape index (κ1) is 20.5. The molecule has 32 heavy (non-hydrogen) atoms. The Hall–Kier alpha value is -3.38. The average molecular weight is 415 g/mol. The van der Waals surface area contributed by atoms with Crippen LogP contribution >= 0.6 is 0 Å². The summed E-state index contributed by atoms with van der Waals surface area (Å²) < 4.78 is 0. The molecule has 0 N–H and O–H groups in total. The Balaban J connectivity index is 1.22. The van der Waals surface area contributed by atoms with Crippen molar-refractivity contribution >= 4 is 0 Å². The van der Waals surface area contributed by atoms with Crippen LogP contribution in [-0.4, -0.2) is 0 Å². The number of aryl methyl sites for hydroxylation is 1. The van der Waals surface area contributed by atoms with Gasteiger partial charge in [0.15, 0.2) is 0 Å². The van der Waals surface area contributed by atoms with Crippen LogP contribution in [0.2, 0.25) is 0 Å². The lowest BCUT2D eigenvalue weighted by Crippen LogP contribution is -2.09. The molecule has 0 fully saturated rings. The summed E-state index contributed by atoms with van der Waals surface area (Å²) in [4.78, 5) is 0. The molecule has 2 atom stereocenters. The molecule has 0 aliphatic heterocycles. The van der Waals surface area contributed by atoms with Crippen molar-refractivity contribution in [3.8, 4) is 0 Å². The minimum absolute atomic E-state index is 0.328. The van der Waals surface area contributed by atoms with E-state index in [4.69, 9.17) is 0 Å². The van der Waals surface area contributed by atoms with Crippen molar-refractivity contribution in [1.29, 1.82) is 0 Å². The van der Waals surface area contributed by atoms with E-state index < -0.39 is 0 Å². The normalized spacial score (nSPS) is 23.0. The van der Waals surface area contributed by atoms with Crippen molar-refractivity contribution in [2.45, 2.75) is 26.2 Å². The van der Waals surface area contributed by atoms with Gasteiger partial charge in [0.1, 0.15) is 0 Å². The summed E-state index contributed by atoms with van der Waals surface area (Å²) in [6.07, 6.45) is 27.9. The highest BCUT2D eigenvalue weighted by Crippen LogP contribution is 2.37. The molecule has 0 bridgehead atoms. The minimum atomic E-state index is 0.328. The predicted octanol–water partition coefficient (Wildman–Crippen LogP) is 8.02. The van der Waals surface area contributed by atoms with Crippen molar-refractivity contribution in [3.05, 3.63) is 154 Å². The summed E-state index contributed by atoms with van der Waals surface area (Å²) in [6.45, 7) is 10.8. The van der Waals surface area contributed by atoms with E-state index in [1.54, 1.807) is 0 Å². The Morgan fingerprint density at radius 1 is 0.875 bits per heavy atom. The van der Waals surface area contributed by atoms with Crippen LogP contribution in [0.3, 0.4) is 0 Å². The second kappa shape index (κ2) is 8.63. The molecule has 0 heteroatoms. The van der Waals surface area contributed by atoms with Crippen LogP contribution in [0.1, 0.15) is 24.0 Å². The number of hydrogen-bond acceptors (Lipinski definition) is 0. The van der Waals surface area contributed by atoms with Crippen molar-refractivity contribution in [3.63, 3.8) is 0 Å². The molecule has 0 saturated carbocycles. The van der Waals surface area contributed by atoms with Gasteiger partial charge < -0.3 is 0 Å². The SMILES string of the molecule is C=C(CCC1=CC2C=C(Cc3ccc(C)cc3)C=CC2=C1)C1=CC(=C)C2C=CC=CC2=C1. The number of allylic oxidation sites excluding steroid dienone is 18.